The van der Waals surface area contributed by atoms with Crippen molar-refractivity contribution in [2.24, 2.45) is 0 Å². The summed E-state index contributed by atoms with van der Waals surface area (Å²) in [7, 11) is 0. The molecule has 0 atom stereocenters. The lowest BCUT2D eigenvalue weighted by Crippen LogP contribution is -2.17. The van der Waals surface area contributed by atoms with Crippen LogP contribution in [0.25, 0.3) is 94.3 Å². The molecule has 11 aromatic carbocycles. The first-order valence-corrected chi connectivity index (χ1v) is 25.3. The third kappa shape index (κ3) is 6.74. The van der Waals surface area contributed by atoms with E-state index in [9.17, 15) is 15.8 Å². The minimum absolute atomic E-state index is 0.304. The zero-order valence-electron chi connectivity index (χ0n) is 40.5. The molecule has 1 heterocycles. The van der Waals surface area contributed by atoms with E-state index in [1.54, 1.807) is 0 Å². The SMILES string of the molecule is N#Cc1c(C2c3ccc(-c4ccccc4)cc3-c3cc(-c4ccccc4)ccc32)c(C#N)c(-n2c3ccccc3c3ccccc32)c(C#N)c1C1c2ccc(-c3ccccc3)cc2-c2cc(-c3ccccc3)ccc21. The highest BCUT2D eigenvalue weighted by Crippen LogP contribution is 2.57. The van der Waals surface area contributed by atoms with Crippen molar-refractivity contribution in [2.75, 3.05) is 0 Å². The van der Waals surface area contributed by atoms with Gasteiger partial charge in [-0.3, -0.25) is 0 Å². The highest BCUT2D eigenvalue weighted by Gasteiger charge is 2.42. The summed E-state index contributed by atoms with van der Waals surface area (Å²) >= 11 is 0. The maximum atomic E-state index is 12.2. The van der Waals surface area contributed by atoms with Gasteiger partial charge in [0.1, 0.15) is 12.1 Å². The van der Waals surface area contributed by atoms with Crippen LogP contribution in [0.15, 0.2) is 243 Å². The minimum Gasteiger partial charge on any atom is -0.307 e. The maximum Gasteiger partial charge on any atom is 0.102 e. The zero-order valence-corrected chi connectivity index (χ0v) is 40.5. The zero-order chi connectivity index (χ0) is 50.1. The minimum atomic E-state index is -0.548. The van der Waals surface area contributed by atoms with Crippen LogP contribution in [-0.4, -0.2) is 4.57 Å². The van der Waals surface area contributed by atoms with E-state index in [2.05, 4.69) is 217 Å². The number of benzene rings is 11. The van der Waals surface area contributed by atoms with Crippen molar-refractivity contribution < 1.29 is 0 Å². The third-order valence-corrected chi connectivity index (χ3v) is 15.7. The lowest BCUT2D eigenvalue weighted by Gasteiger charge is -2.27. The van der Waals surface area contributed by atoms with E-state index in [0.29, 0.717) is 33.5 Å². The van der Waals surface area contributed by atoms with Crippen molar-refractivity contribution in [3.63, 3.8) is 0 Å². The van der Waals surface area contributed by atoms with Crippen molar-refractivity contribution in [1.82, 2.24) is 4.57 Å². The average molecular weight is 951 g/mol. The van der Waals surface area contributed by atoms with Gasteiger partial charge in [-0.15, -0.1) is 0 Å². The summed E-state index contributed by atoms with van der Waals surface area (Å²) in [5, 5.41) is 38.4. The molecule has 2 aliphatic rings. The van der Waals surface area contributed by atoms with Gasteiger partial charge in [-0.2, -0.15) is 15.8 Å². The van der Waals surface area contributed by atoms with Crippen LogP contribution in [0.3, 0.4) is 0 Å². The first-order valence-electron chi connectivity index (χ1n) is 25.3. The second kappa shape index (κ2) is 17.5. The molecule has 14 rings (SSSR count). The third-order valence-electron chi connectivity index (χ3n) is 15.7. The summed E-state index contributed by atoms with van der Waals surface area (Å²) in [5.41, 5.74) is 21.2. The van der Waals surface area contributed by atoms with E-state index >= 15 is 0 Å². The average Bonchev–Trinajstić information content (AvgIpc) is 4.13. The standard InChI is InChI=1S/C71H42N4/c72-41-62-69(67-54-33-29-48(44-17-5-1-6-18-44)37-58(54)59-38-49(30-34-55(59)67)45-19-7-2-8-20-45)63(42-73)71(75-65-27-15-13-25-52(65)53-26-14-16-28-66(53)75)64(43-74)70(62)68-56-35-31-50(46-21-9-3-10-22-46)39-60(56)61-40-51(32-36-57(61)68)47-23-11-4-12-24-47/h1-40,67-68H. The Morgan fingerprint density at radius 3 is 0.853 bits per heavy atom. The van der Waals surface area contributed by atoms with Crippen LogP contribution in [0.5, 0.6) is 0 Å². The fraction of sp³-hybridized carbons (Fsp3) is 0.0282. The number of para-hydroxylation sites is 2. The highest BCUT2D eigenvalue weighted by molar-refractivity contribution is 6.10. The Morgan fingerprint density at radius 2 is 0.560 bits per heavy atom. The molecule has 2 aliphatic carbocycles. The maximum absolute atomic E-state index is 12.2. The summed E-state index contributed by atoms with van der Waals surface area (Å²) in [6.07, 6.45) is 0. The first kappa shape index (κ1) is 43.5. The Hall–Kier alpha value is -10.3. The molecule has 0 saturated heterocycles. The van der Waals surface area contributed by atoms with Gasteiger partial charge in [0.05, 0.1) is 39.5 Å². The Kier molecular flexibility index (Phi) is 10.1. The van der Waals surface area contributed by atoms with Crippen LogP contribution in [0, 0.1) is 34.0 Å². The predicted molar refractivity (Wildman–Crippen MR) is 302 cm³/mol. The molecule has 0 bridgehead atoms. The van der Waals surface area contributed by atoms with E-state index in [0.717, 1.165) is 111 Å². The van der Waals surface area contributed by atoms with E-state index < -0.39 is 11.8 Å². The topological polar surface area (TPSA) is 76.3 Å². The Balaban J connectivity index is 1.12. The molecule has 1 aromatic heterocycles. The molecule has 4 nitrogen and oxygen atoms in total. The van der Waals surface area contributed by atoms with Crippen LogP contribution in [0.2, 0.25) is 0 Å². The smallest absolute Gasteiger partial charge is 0.102 e. The van der Waals surface area contributed by atoms with Crippen molar-refractivity contribution in [3.05, 3.63) is 293 Å². The molecule has 0 fully saturated rings. The molecular formula is C71H42N4. The van der Waals surface area contributed by atoms with Gasteiger partial charge in [0.15, 0.2) is 0 Å². The molecule has 0 amide bonds. The predicted octanol–water partition coefficient (Wildman–Crippen LogP) is 17.4. The molecule has 346 valence electrons. The number of rotatable bonds is 7. The van der Waals surface area contributed by atoms with E-state index in [-0.39, 0.29) is 0 Å². The van der Waals surface area contributed by atoms with Crippen LogP contribution < -0.4 is 0 Å². The molecule has 0 saturated carbocycles. The van der Waals surface area contributed by atoms with Crippen LogP contribution in [-0.2, 0) is 0 Å². The van der Waals surface area contributed by atoms with Crippen molar-refractivity contribution in [3.8, 4) is 90.7 Å². The van der Waals surface area contributed by atoms with Gasteiger partial charge in [-0.25, -0.2) is 0 Å². The quantitative estimate of drug-likeness (QED) is 0.160. The van der Waals surface area contributed by atoms with Crippen molar-refractivity contribution in [2.45, 2.75) is 11.8 Å². The fourth-order valence-electron chi connectivity index (χ4n) is 12.4. The van der Waals surface area contributed by atoms with Gasteiger partial charge in [0.2, 0.25) is 0 Å². The summed E-state index contributed by atoms with van der Waals surface area (Å²) in [4.78, 5) is 0. The molecule has 4 heteroatoms. The second-order valence-corrected chi connectivity index (χ2v) is 19.5. The second-order valence-electron chi connectivity index (χ2n) is 19.5. The number of fused-ring (bicyclic) bond motifs is 9. The van der Waals surface area contributed by atoms with E-state index in [1.165, 1.54) is 0 Å². The number of hydrogen-bond donors (Lipinski definition) is 0. The monoisotopic (exact) mass is 950 g/mol. The van der Waals surface area contributed by atoms with Gasteiger partial charge < -0.3 is 4.57 Å². The first-order chi connectivity index (χ1) is 37.1. The summed E-state index contributed by atoms with van der Waals surface area (Å²) in [6.45, 7) is 0. The number of aromatic nitrogens is 1. The normalized spacial score (nSPS) is 12.4. The molecule has 0 spiro atoms. The van der Waals surface area contributed by atoms with Gasteiger partial charge in [-0.05, 0) is 125 Å². The molecule has 75 heavy (non-hydrogen) atoms. The van der Waals surface area contributed by atoms with Crippen LogP contribution in [0.1, 0.15) is 61.9 Å². The molecule has 0 radical (unpaired) electrons. The lowest BCUT2D eigenvalue weighted by atomic mass is 9.75. The molecule has 12 aromatic rings. The summed E-state index contributed by atoms with van der Waals surface area (Å²) in [5.74, 6) is -1.10. The van der Waals surface area contributed by atoms with Crippen LogP contribution in [0.4, 0.5) is 0 Å². The number of nitriles is 3. The number of nitrogens with zero attached hydrogens (tertiary/aromatic N) is 4. The van der Waals surface area contributed by atoms with Crippen molar-refractivity contribution >= 4 is 21.8 Å². The van der Waals surface area contributed by atoms with Gasteiger partial charge >= 0.3 is 0 Å². The van der Waals surface area contributed by atoms with Gasteiger partial charge in [-0.1, -0.05) is 206 Å². The molecular weight excluding hydrogens is 909 g/mol. The van der Waals surface area contributed by atoms with Gasteiger partial charge in [0.25, 0.3) is 0 Å². The molecule has 0 unspecified atom stereocenters. The summed E-state index contributed by atoms with van der Waals surface area (Å²) in [6, 6.07) is 92.8. The Bertz CT molecular complexity index is 3980. The largest absolute Gasteiger partial charge is 0.307 e. The van der Waals surface area contributed by atoms with Gasteiger partial charge in [0, 0.05) is 33.7 Å². The lowest BCUT2D eigenvalue weighted by molar-refractivity contribution is 0.940. The molecule has 0 aliphatic heterocycles. The fourth-order valence-corrected chi connectivity index (χ4v) is 12.4. The van der Waals surface area contributed by atoms with Crippen LogP contribution >= 0.6 is 0 Å². The van der Waals surface area contributed by atoms with Crippen molar-refractivity contribution in [1.29, 1.82) is 15.8 Å². The Morgan fingerprint density at radius 1 is 0.280 bits per heavy atom. The highest BCUT2D eigenvalue weighted by atomic mass is 15.0. The van der Waals surface area contributed by atoms with E-state index in [1.807, 2.05) is 48.5 Å². The van der Waals surface area contributed by atoms with E-state index in [4.69, 9.17) is 0 Å². The summed E-state index contributed by atoms with van der Waals surface area (Å²) < 4.78 is 2.12. The molecule has 0 N–H and O–H groups in total. The number of hydrogen-bond acceptors (Lipinski definition) is 3. The Labute approximate surface area is 435 Å².